The van der Waals surface area contributed by atoms with Crippen molar-refractivity contribution in [1.82, 2.24) is 4.72 Å². The fourth-order valence-corrected chi connectivity index (χ4v) is 3.08. The van der Waals surface area contributed by atoms with Crippen molar-refractivity contribution >= 4 is 10.0 Å². The Morgan fingerprint density at radius 1 is 1.36 bits per heavy atom. The summed E-state index contributed by atoms with van der Waals surface area (Å²) in [6, 6.07) is 6.37. The molecule has 0 fully saturated rings. The highest BCUT2D eigenvalue weighted by Gasteiger charge is 2.22. The minimum atomic E-state index is -4.04. The summed E-state index contributed by atoms with van der Waals surface area (Å²) in [6.07, 6.45) is -1.15. The minimum Gasteiger partial charge on any atom is -0.495 e. The van der Waals surface area contributed by atoms with Crippen molar-refractivity contribution in [3.8, 4) is 5.75 Å². The van der Waals surface area contributed by atoms with E-state index in [4.69, 9.17) is 9.15 Å². The zero-order chi connectivity index (χ0) is 16.3. The Morgan fingerprint density at radius 3 is 2.68 bits per heavy atom. The molecule has 1 aromatic heterocycles. The van der Waals surface area contributed by atoms with E-state index in [1.165, 1.54) is 13.2 Å². The predicted octanol–water partition coefficient (Wildman–Crippen LogP) is 1.75. The number of nitrogens with one attached hydrogen (secondary N) is 1. The van der Waals surface area contributed by atoms with Crippen LogP contribution in [0.25, 0.3) is 0 Å². The molecule has 0 aliphatic carbocycles. The fourth-order valence-electron chi connectivity index (χ4n) is 1.86. The average molecular weight is 329 g/mol. The summed E-state index contributed by atoms with van der Waals surface area (Å²) in [4.78, 5) is -0.335. The summed E-state index contributed by atoms with van der Waals surface area (Å²) in [5, 5.41) is 9.90. The number of aryl methyl sites for hydroxylation is 1. The van der Waals surface area contributed by atoms with Gasteiger partial charge in [-0.05, 0) is 37.3 Å². The number of rotatable bonds is 6. The molecule has 22 heavy (non-hydrogen) atoms. The first kappa shape index (κ1) is 16.5. The number of sulfonamides is 1. The molecular weight excluding hydrogens is 313 g/mol. The van der Waals surface area contributed by atoms with Gasteiger partial charge < -0.3 is 14.3 Å². The van der Waals surface area contributed by atoms with Crippen molar-refractivity contribution in [3.05, 3.63) is 47.7 Å². The standard InChI is InChI=1S/C14H16FNO5S/c1-9-3-5-12(21-9)11(17)8-16-22(18,19)14-7-10(15)4-6-13(14)20-2/h3-7,11,16-17H,8H2,1-2H3. The molecule has 1 heterocycles. The Bertz CT molecular complexity index is 756. The second-order valence-electron chi connectivity index (χ2n) is 4.61. The van der Waals surface area contributed by atoms with Crippen LogP contribution in [0.1, 0.15) is 17.6 Å². The topological polar surface area (TPSA) is 88.8 Å². The average Bonchev–Trinajstić information content (AvgIpc) is 2.91. The van der Waals surface area contributed by atoms with E-state index >= 15 is 0 Å². The molecule has 0 spiro atoms. The highest BCUT2D eigenvalue weighted by molar-refractivity contribution is 7.89. The van der Waals surface area contributed by atoms with Gasteiger partial charge in [0.15, 0.2) is 0 Å². The highest BCUT2D eigenvalue weighted by Crippen LogP contribution is 2.24. The highest BCUT2D eigenvalue weighted by atomic mass is 32.2. The maximum atomic E-state index is 13.3. The van der Waals surface area contributed by atoms with Crippen LogP contribution in [0.4, 0.5) is 4.39 Å². The van der Waals surface area contributed by atoms with Crippen molar-refractivity contribution in [3.63, 3.8) is 0 Å². The maximum Gasteiger partial charge on any atom is 0.244 e. The SMILES string of the molecule is COc1ccc(F)cc1S(=O)(=O)NCC(O)c1ccc(C)o1. The molecular formula is C14H16FNO5S. The van der Waals surface area contributed by atoms with Crippen molar-refractivity contribution in [2.45, 2.75) is 17.9 Å². The van der Waals surface area contributed by atoms with Gasteiger partial charge in [-0.2, -0.15) is 0 Å². The van der Waals surface area contributed by atoms with Gasteiger partial charge in [0.2, 0.25) is 10.0 Å². The lowest BCUT2D eigenvalue weighted by Gasteiger charge is -2.12. The molecule has 0 aliphatic rings. The summed E-state index contributed by atoms with van der Waals surface area (Å²) < 4.78 is 50.0. The van der Waals surface area contributed by atoms with Crippen molar-refractivity contribution in [2.75, 3.05) is 13.7 Å². The lowest BCUT2D eigenvalue weighted by atomic mass is 10.3. The van der Waals surface area contributed by atoms with E-state index < -0.39 is 21.9 Å². The molecule has 2 rings (SSSR count). The van der Waals surface area contributed by atoms with E-state index in [9.17, 15) is 17.9 Å². The first-order valence-electron chi connectivity index (χ1n) is 6.41. The maximum absolute atomic E-state index is 13.3. The summed E-state index contributed by atoms with van der Waals surface area (Å²) in [7, 11) is -2.75. The van der Waals surface area contributed by atoms with Crippen molar-refractivity contribution < 1.29 is 27.1 Å². The number of aliphatic hydroxyl groups is 1. The van der Waals surface area contributed by atoms with Crippen molar-refractivity contribution in [1.29, 1.82) is 0 Å². The van der Waals surface area contributed by atoms with E-state index in [1.807, 2.05) is 0 Å². The van der Waals surface area contributed by atoms with Gasteiger partial charge in [-0.1, -0.05) is 0 Å². The monoisotopic (exact) mass is 329 g/mol. The third-order valence-corrected chi connectivity index (χ3v) is 4.42. The number of methoxy groups -OCH3 is 1. The Kier molecular flexibility index (Phi) is 4.84. The second-order valence-corrected chi connectivity index (χ2v) is 6.35. The van der Waals surface area contributed by atoms with E-state index in [1.54, 1.807) is 19.1 Å². The largest absolute Gasteiger partial charge is 0.495 e. The summed E-state index contributed by atoms with van der Waals surface area (Å²) in [5.41, 5.74) is 0. The van der Waals surface area contributed by atoms with Crippen LogP contribution < -0.4 is 9.46 Å². The number of aliphatic hydroxyl groups excluding tert-OH is 1. The molecule has 120 valence electrons. The van der Waals surface area contributed by atoms with Crippen LogP contribution in [0.5, 0.6) is 5.75 Å². The van der Waals surface area contributed by atoms with Gasteiger partial charge in [-0.15, -0.1) is 0 Å². The molecule has 0 amide bonds. The molecule has 0 bridgehead atoms. The van der Waals surface area contributed by atoms with Crippen LogP contribution in [0.2, 0.25) is 0 Å². The Balaban J connectivity index is 2.16. The summed E-state index contributed by atoms with van der Waals surface area (Å²) in [6.45, 7) is 1.40. The van der Waals surface area contributed by atoms with Gasteiger partial charge in [-0.25, -0.2) is 17.5 Å². The third-order valence-electron chi connectivity index (χ3n) is 2.97. The van der Waals surface area contributed by atoms with Gasteiger partial charge >= 0.3 is 0 Å². The number of hydrogen-bond donors (Lipinski definition) is 2. The predicted molar refractivity (Wildman–Crippen MR) is 76.5 cm³/mol. The molecule has 6 nitrogen and oxygen atoms in total. The van der Waals surface area contributed by atoms with Gasteiger partial charge in [-0.3, -0.25) is 0 Å². The normalized spacial score (nSPS) is 13.1. The first-order valence-corrected chi connectivity index (χ1v) is 7.89. The van der Waals surface area contributed by atoms with Crippen molar-refractivity contribution in [2.24, 2.45) is 0 Å². The molecule has 2 aromatic rings. The van der Waals surface area contributed by atoms with Crippen LogP contribution in [-0.4, -0.2) is 27.2 Å². The minimum absolute atomic E-state index is 0.0113. The van der Waals surface area contributed by atoms with Crippen LogP contribution in [0, 0.1) is 12.7 Å². The number of halogens is 1. The molecule has 0 saturated heterocycles. The lowest BCUT2D eigenvalue weighted by Crippen LogP contribution is -2.28. The van der Waals surface area contributed by atoms with Gasteiger partial charge in [0, 0.05) is 6.54 Å². The fraction of sp³-hybridized carbons (Fsp3) is 0.286. The molecule has 0 saturated carbocycles. The molecule has 2 N–H and O–H groups in total. The number of ether oxygens (including phenoxy) is 1. The van der Waals surface area contributed by atoms with Crippen LogP contribution in [0.15, 0.2) is 39.6 Å². The molecule has 0 aliphatic heterocycles. The zero-order valence-electron chi connectivity index (χ0n) is 12.0. The molecule has 0 radical (unpaired) electrons. The number of furan rings is 1. The van der Waals surface area contributed by atoms with E-state index in [-0.39, 0.29) is 22.9 Å². The third kappa shape index (κ3) is 3.65. The zero-order valence-corrected chi connectivity index (χ0v) is 12.9. The number of hydrogen-bond acceptors (Lipinski definition) is 5. The number of benzene rings is 1. The van der Waals surface area contributed by atoms with E-state index in [0.717, 1.165) is 12.1 Å². The molecule has 1 aromatic carbocycles. The van der Waals surface area contributed by atoms with E-state index in [0.29, 0.717) is 5.76 Å². The quantitative estimate of drug-likeness (QED) is 0.843. The Labute approximate surface area is 127 Å². The summed E-state index contributed by atoms with van der Waals surface area (Å²) >= 11 is 0. The first-order chi connectivity index (χ1) is 10.3. The van der Waals surface area contributed by atoms with Crippen LogP contribution >= 0.6 is 0 Å². The Hall–Kier alpha value is -1.90. The van der Waals surface area contributed by atoms with E-state index in [2.05, 4.69) is 4.72 Å². The van der Waals surface area contributed by atoms with Crippen LogP contribution in [0.3, 0.4) is 0 Å². The molecule has 1 atom stereocenters. The van der Waals surface area contributed by atoms with Gasteiger partial charge in [0.1, 0.15) is 34.1 Å². The smallest absolute Gasteiger partial charge is 0.244 e. The van der Waals surface area contributed by atoms with Crippen LogP contribution in [-0.2, 0) is 10.0 Å². The Morgan fingerprint density at radius 2 is 2.09 bits per heavy atom. The molecule has 1 unspecified atom stereocenters. The second kappa shape index (κ2) is 6.47. The van der Waals surface area contributed by atoms with Gasteiger partial charge in [0.25, 0.3) is 0 Å². The van der Waals surface area contributed by atoms with Gasteiger partial charge in [0.05, 0.1) is 7.11 Å². The molecule has 8 heteroatoms. The summed E-state index contributed by atoms with van der Waals surface area (Å²) in [5.74, 6) is 0.149. The lowest BCUT2D eigenvalue weighted by molar-refractivity contribution is 0.152.